The number of rotatable bonds is 3. The number of benzene rings is 1. The molecule has 2 aromatic rings. The van der Waals surface area contributed by atoms with Gasteiger partial charge in [0, 0.05) is 19.2 Å². The van der Waals surface area contributed by atoms with E-state index < -0.39 is 0 Å². The first-order valence-electron chi connectivity index (χ1n) is 8.08. The number of aryl methyl sites for hydroxylation is 3. The van der Waals surface area contributed by atoms with Crippen molar-refractivity contribution in [3.8, 4) is 0 Å². The lowest BCUT2D eigenvalue weighted by Gasteiger charge is -2.33. The van der Waals surface area contributed by atoms with Gasteiger partial charge in [0.1, 0.15) is 5.76 Å². The van der Waals surface area contributed by atoms with Gasteiger partial charge >= 0.3 is 6.03 Å². The van der Waals surface area contributed by atoms with Crippen molar-refractivity contribution in [3.63, 3.8) is 0 Å². The van der Waals surface area contributed by atoms with Crippen molar-refractivity contribution in [3.05, 3.63) is 52.4 Å². The monoisotopic (exact) mass is 313 g/mol. The summed E-state index contributed by atoms with van der Waals surface area (Å²) in [5.74, 6) is 0.758. The van der Waals surface area contributed by atoms with Crippen LogP contribution in [0, 0.1) is 13.8 Å². The van der Waals surface area contributed by atoms with Gasteiger partial charge in [-0.05, 0) is 44.2 Å². The molecule has 1 aliphatic rings. The molecule has 1 unspecified atom stereocenters. The van der Waals surface area contributed by atoms with E-state index in [-0.39, 0.29) is 12.1 Å². The molecule has 1 aromatic heterocycles. The summed E-state index contributed by atoms with van der Waals surface area (Å²) in [5.41, 5.74) is 4.41. The Morgan fingerprint density at radius 2 is 2.17 bits per heavy atom. The van der Waals surface area contributed by atoms with E-state index in [1.807, 2.05) is 31.9 Å². The molecular formula is C18H23N3O2. The van der Waals surface area contributed by atoms with Gasteiger partial charge in [0.2, 0.25) is 0 Å². The predicted octanol–water partition coefficient (Wildman–Crippen LogP) is 3.51. The number of aromatic nitrogens is 1. The number of hydrogen-bond acceptors (Lipinski definition) is 3. The van der Waals surface area contributed by atoms with Crippen molar-refractivity contribution < 1.29 is 9.32 Å². The van der Waals surface area contributed by atoms with Gasteiger partial charge < -0.3 is 14.7 Å². The highest BCUT2D eigenvalue weighted by Crippen LogP contribution is 2.33. The molecule has 1 aliphatic carbocycles. The Kier molecular flexibility index (Phi) is 4.37. The zero-order valence-electron chi connectivity index (χ0n) is 13.9. The van der Waals surface area contributed by atoms with Crippen molar-refractivity contribution in [2.45, 2.75) is 45.7 Å². The molecule has 1 aromatic carbocycles. The van der Waals surface area contributed by atoms with E-state index in [1.165, 1.54) is 11.1 Å². The zero-order chi connectivity index (χ0) is 16.4. The Labute approximate surface area is 136 Å². The standard InChI is InChI=1S/C18H23N3O2/c1-12-16(13(2)23-20-12)11-19-18(22)21(3)17-10-6-8-14-7-4-5-9-15(14)17/h4-5,7,9,17H,6,8,10-11H2,1-3H3,(H,19,22). The van der Waals surface area contributed by atoms with Crippen molar-refractivity contribution in [1.29, 1.82) is 0 Å². The van der Waals surface area contributed by atoms with Crippen LogP contribution in [0.25, 0.3) is 0 Å². The molecule has 0 saturated carbocycles. The van der Waals surface area contributed by atoms with E-state index >= 15 is 0 Å². The van der Waals surface area contributed by atoms with Crippen LogP contribution >= 0.6 is 0 Å². The molecular weight excluding hydrogens is 290 g/mol. The number of fused-ring (bicyclic) bond motifs is 1. The van der Waals surface area contributed by atoms with Crippen LogP contribution in [0.5, 0.6) is 0 Å². The summed E-state index contributed by atoms with van der Waals surface area (Å²) in [6.07, 6.45) is 3.22. The average molecular weight is 313 g/mol. The van der Waals surface area contributed by atoms with Gasteiger partial charge in [-0.3, -0.25) is 0 Å². The SMILES string of the molecule is Cc1noc(C)c1CNC(=O)N(C)C1CCCc2ccccc21. The zero-order valence-corrected chi connectivity index (χ0v) is 13.9. The Morgan fingerprint density at radius 1 is 1.39 bits per heavy atom. The highest BCUT2D eigenvalue weighted by atomic mass is 16.5. The molecule has 3 rings (SSSR count). The second-order valence-electron chi connectivity index (χ2n) is 6.18. The van der Waals surface area contributed by atoms with Gasteiger partial charge in [-0.2, -0.15) is 0 Å². The molecule has 1 N–H and O–H groups in total. The minimum atomic E-state index is -0.0632. The number of nitrogens with one attached hydrogen (secondary N) is 1. The number of nitrogens with zero attached hydrogens (tertiary/aromatic N) is 2. The molecule has 0 saturated heterocycles. The maximum absolute atomic E-state index is 12.5. The molecule has 1 heterocycles. The number of amides is 2. The van der Waals surface area contributed by atoms with E-state index in [4.69, 9.17) is 4.52 Å². The van der Waals surface area contributed by atoms with E-state index in [0.717, 1.165) is 36.3 Å². The third-order valence-corrected chi connectivity index (χ3v) is 4.72. The van der Waals surface area contributed by atoms with Crippen LogP contribution in [-0.4, -0.2) is 23.1 Å². The van der Waals surface area contributed by atoms with E-state index in [9.17, 15) is 4.79 Å². The topological polar surface area (TPSA) is 58.4 Å². The van der Waals surface area contributed by atoms with Crippen LogP contribution in [0.2, 0.25) is 0 Å². The number of carbonyl (C=O) groups excluding carboxylic acids is 1. The predicted molar refractivity (Wildman–Crippen MR) is 88.1 cm³/mol. The van der Waals surface area contributed by atoms with Crippen molar-refractivity contribution in [2.24, 2.45) is 0 Å². The van der Waals surface area contributed by atoms with Gasteiger partial charge in [-0.25, -0.2) is 4.79 Å². The van der Waals surface area contributed by atoms with Gasteiger partial charge in [0.25, 0.3) is 0 Å². The van der Waals surface area contributed by atoms with Crippen molar-refractivity contribution in [2.75, 3.05) is 7.05 Å². The van der Waals surface area contributed by atoms with Crippen LogP contribution in [0.4, 0.5) is 4.79 Å². The minimum Gasteiger partial charge on any atom is -0.361 e. The summed E-state index contributed by atoms with van der Waals surface area (Å²) in [6.45, 7) is 4.19. The number of carbonyl (C=O) groups is 1. The van der Waals surface area contributed by atoms with Gasteiger partial charge in [0.15, 0.2) is 0 Å². The maximum Gasteiger partial charge on any atom is 0.317 e. The minimum absolute atomic E-state index is 0.0632. The average Bonchev–Trinajstić information content (AvgIpc) is 2.89. The van der Waals surface area contributed by atoms with Crippen molar-refractivity contribution in [1.82, 2.24) is 15.4 Å². The lowest BCUT2D eigenvalue weighted by atomic mass is 9.87. The van der Waals surface area contributed by atoms with Gasteiger partial charge in [0.05, 0.1) is 11.7 Å². The summed E-state index contributed by atoms with van der Waals surface area (Å²) in [7, 11) is 1.87. The molecule has 0 fully saturated rings. The molecule has 0 spiro atoms. The normalized spacial score (nSPS) is 16.7. The van der Waals surface area contributed by atoms with Crippen LogP contribution in [-0.2, 0) is 13.0 Å². The molecule has 0 aliphatic heterocycles. The Hall–Kier alpha value is -2.30. The van der Waals surface area contributed by atoms with E-state index in [1.54, 1.807) is 0 Å². The highest BCUT2D eigenvalue weighted by molar-refractivity contribution is 5.74. The molecule has 122 valence electrons. The fourth-order valence-corrected chi connectivity index (χ4v) is 3.32. The Bertz CT molecular complexity index is 689. The molecule has 5 heteroatoms. The first kappa shape index (κ1) is 15.6. The first-order valence-corrected chi connectivity index (χ1v) is 8.08. The molecule has 0 radical (unpaired) electrons. The van der Waals surface area contributed by atoms with Crippen molar-refractivity contribution >= 4 is 6.03 Å². The number of urea groups is 1. The lowest BCUT2D eigenvalue weighted by molar-refractivity contribution is 0.183. The summed E-state index contributed by atoms with van der Waals surface area (Å²) >= 11 is 0. The number of hydrogen-bond donors (Lipinski definition) is 1. The van der Waals surface area contributed by atoms with E-state index in [2.05, 4.69) is 28.7 Å². The van der Waals surface area contributed by atoms with Crippen LogP contribution in [0.1, 0.15) is 47.0 Å². The third-order valence-electron chi connectivity index (χ3n) is 4.72. The van der Waals surface area contributed by atoms with Crippen LogP contribution in [0.3, 0.4) is 0 Å². The molecule has 2 amide bonds. The summed E-state index contributed by atoms with van der Waals surface area (Å²) in [4.78, 5) is 14.3. The largest absolute Gasteiger partial charge is 0.361 e. The molecule has 5 nitrogen and oxygen atoms in total. The quantitative estimate of drug-likeness (QED) is 0.943. The smallest absolute Gasteiger partial charge is 0.317 e. The summed E-state index contributed by atoms with van der Waals surface area (Å²) in [5, 5.41) is 6.90. The summed E-state index contributed by atoms with van der Waals surface area (Å²) < 4.78 is 5.14. The first-order chi connectivity index (χ1) is 11.1. The fourth-order valence-electron chi connectivity index (χ4n) is 3.32. The second kappa shape index (κ2) is 6.44. The Morgan fingerprint density at radius 3 is 2.91 bits per heavy atom. The van der Waals surface area contributed by atoms with E-state index in [0.29, 0.717) is 6.54 Å². The molecule has 0 bridgehead atoms. The molecule has 1 atom stereocenters. The van der Waals surface area contributed by atoms with Gasteiger partial charge in [-0.1, -0.05) is 29.4 Å². The maximum atomic E-state index is 12.5. The van der Waals surface area contributed by atoms with Crippen LogP contribution < -0.4 is 5.32 Å². The summed E-state index contributed by atoms with van der Waals surface area (Å²) in [6, 6.07) is 8.50. The Balaban J connectivity index is 1.69. The fraction of sp³-hybridized carbons (Fsp3) is 0.444. The highest BCUT2D eigenvalue weighted by Gasteiger charge is 2.26. The van der Waals surface area contributed by atoms with Gasteiger partial charge in [-0.15, -0.1) is 0 Å². The van der Waals surface area contributed by atoms with Crippen LogP contribution in [0.15, 0.2) is 28.8 Å². The second-order valence-corrected chi connectivity index (χ2v) is 6.18. The molecule has 23 heavy (non-hydrogen) atoms. The third kappa shape index (κ3) is 3.09. The lowest BCUT2D eigenvalue weighted by Crippen LogP contribution is -2.40.